The summed E-state index contributed by atoms with van der Waals surface area (Å²) in [4.78, 5) is 20.6. The third-order valence-corrected chi connectivity index (χ3v) is 5.73. The number of carbonyl (C=O) groups excluding carboxylic acids is 1. The van der Waals surface area contributed by atoms with Crippen LogP contribution in [0.15, 0.2) is 41.8 Å². The number of rotatable bonds is 5. The molecule has 148 valence electrons. The molecule has 2 aromatic carbocycles. The fraction of sp³-hybridized carbons (Fsp3) is 0.182. The Morgan fingerprint density at radius 3 is 2.62 bits per heavy atom. The average molecular weight is 407 g/mol. The van der Waals surface area contributed by atoms with E-state index in [4.69, 9.17) is 9.47 Å². The van der Waals surface area contributed by atoms with Crippen LogP contribution < -0.4 is 14.8 Å². The second kappa shape index (κ2) is 7.60. The Morgan fingerprint density at radius 2 is 1.86 bits per heavy atom. The number of amides is 1. The number of fused-ring (bicyclic) bond motifs is 1. The van der Waals surface area contributed by atoms with Gasteiger partial charge in [-0.05, 0) is 55.8 Å². The normalized spacial score (nSPS) is 10.9. The number of nitrogens with zero attached hydrogens (tertiary/aromatic N) is 1. The number of anilines is 1. The van der Waals surface area contributed by atoms with Gasteiger partial charge in [-0.25, -0.2) is 4.98 Å². The Kier molecular flexibility index (Phi) is 4.98. The summed E-state index contributed by atoms with van der Waals surface area (Å²) in [6.45, 7) is 4.08. The minimum absolute atomic E-state index is 0.182. The fourth-order valence-electron chi connectivity index (χ4n) is 3.23. The van der Waals surface area contributed by atoms with Gasteiger partial charge in [0.25, 0.3) is 5.91 Å². The molecule has 7 heteroatoms. The molecule has 0 fully saturated rings. The number of hydrogen-bond donors (Lipinski definition) is 2. The first-order valence-corrected chi connectivity index (χ1v) is 9.96. The summed E-state index contributed by atoms with van der Waals surface area (Å²) in [6.07, 6.45) is 0. The van der Waals surface area contributed by atoms with Crippen LogP contribution in [0.25, 0.3) is 22.2 Å². The highest BCUT2D eigenvalue weighted by Gasteiger charge is 2.13. The molecule has 0 spiro atoms. The summed E-state index contributed by atoms with van der Waals surface area (Å²) < 4.78 is 10.6. The molecule has 2 aromatic heterocycles. The van der Waals surface area contributed by atoms with Crippen molar-refractivity contribution in [2.24, 2.45) is 0 Å². The summed E-state index contributed by atoms with van der Waals surface area (Å²) in [5, 5.41) is 6.39. The first-order valence-electron chi connectivity index (χ1n) is 9.08. The lowest BCUT2D eigenvalue weighted by molar-refractivity contribution is 0.102. The zero-order valence-electron chi connectivity index (χ0n) is 16.6. The van der Waals surface area contributed by atoms with Crippen molar-refractivity contribution in [2.75, 3.05) is 19.5 Å². The van der Waals surface area contributed by atoms with Crippen molar-refractivity contribution in [3.05, 3.63) is 58.6 Å². The molecule has 0 radical (unpaired) electrons. The molecule has 0 atom stereocenters. The summed E-state index contributed by atoms with van der Waals surface area (Å²) in [5.74, 6) is 1.11. The standard InChI is InChI=1S/C22H21N3O3S/c1-12-13(2)23-17-7-5-15(9-16(12)17)21(26)25-22-24-18(11-29-22)14-6-8-19(27-3)20(10-14)28-4/h5-11,23H,1-4H3,(H,24,25,26). The van der Waals surface area contributed by atoms with Crippen LogP contribution in [0.4, 0.5) is 5.13 Å². The van der Waals surface area contributed by atoms with Gasteiger partial charge >= 0.3 is 0 Å². The second-order valence-electron chi connectivity index (χ2n) is 6.70. The lowest BCUT2D eigenvalue weighted by atomic mass is 10.1. The molecule has 0 aliphatic carbocycles. The summed E-state index contributed by atoms with van der Waals surface area (Å²) in [7, 11) is 3.19. The maximum atomic E-state index is 12.7. The first-order chi connectivity index (χ1) is 14.0. The highest BCUT2D eigenvalue weighted by atomic mass is 32.1. The summed E-state index contributed by atoms with van der Waals surface area (Å²) >= 11 is 1.38. The van der Waals surface area contributed by atoms with Crippen LogP contribution >= 0.6 is 11.3 Å². The van der Waals surface area contributed by atoms with Gasteiger partial charge in [0, 0.05) is 33.1 Å². The molecule has 0 saturated heterocycles. The Hall–Kier alpha value is -3.32. The predicted molar refractivity (Wildman–Crippen MR) is 116 cm³/mol. The number of nitrogens with one attached hydrogen (secondary N) is 2. The van der Waals surface area contributed by atoms with Crippen LogP contribution in [0, 0.1) is 13.8 Å². The number of aromatic nitrogens is 2. The van der Waals surface area contributed by atoms with E-state index in [1.807, 2.05) is 55.6 Å². The number of aromatic amines is 1. The quantitative estimate of drug-likeness (QED) is 0.478. The van der Waals surface area contributed by atoms with E-state index >= 15 is 0 Å². The van der Waals surface area contributed by atoms with Crippen LogP contribution in [0.2, 0.25) is 0 Å². The van der Waals surface area contributed by atoms with Crippen molar-refractivity contribution < 1.29 is 14.3 Å². The van der Waals surface area contributed by atoms with Gasteiger partial charge in [0.15, 0.2) is 16.6 Å². The third kappa shape index (κ3) is 3.56. The van der Waals surface area contributed by atoms with Crippen molar-refractivity contribution >= 4 is 33.3 Å². The number of ether oxygens (including phenoxy) is 2. The minimum Gasteiger partial charge on any atom is -0.493 e. The van der Waals surface area contributed by atoms with E-state index in [0.717, 1.165) is 33.4 Å². The van der Waals surface area contributed by atoms with E-state index in [-0.39, 0.29) is 5.91 Å². The van der Waals surface area contributed by atoms with Gasteiger partial charge in [-0.2, -0.15) is 0 Å². The largest absolute Gasteiger partial charge is 0.493 e. The number of aryl methyl sites for hydroxylation is 2. The topological polar surface area (TPSA) is 76.2 Å². The van der Waals surface area contributed by atoms with Crippen LogP contribution in [0.5, 0.6) is 11.5 Å². The number of benzene rings is 2. The molecule has 0 bridgehead atoms. The Labute approximate surface area is 172 Å². The second-order valence-corrected chi connectivity index (χ2v) is 7.56. The molecule has 0 unspecified atom stereocenters. The zero-order chi connectivity index (χ0) is 20.5. The van der Waals surface area contributed by atoms with E-state index in [2.05, 4.69) is 15.3 Å². The van der Waals surface area contributed by atoms with Crippen LogP contribution in [-0.4, -0.2) is 30.1 Å². The zero-order valence-corrected chi connectivity index (χ0v) is 17.4. The van der Waals surface area contributed by atoms with Crippen molar-refractivity contribution in [3.63, 3.8) is 0 Å². The van der Waals surface area contributed by atoms with Gasteiger partial charge in [-0.1, -0.05) is 0 Å². The molecular weight excluding hydrogens is 386 g/mol. The van der Waals surface area contributed by atoms with E-state index in [1.165, 1.54) is 11.3 Å². The lowest BCUT2D eigenvalue weighted by Gasteiger charge is -2.08. The SMILES string of the molecule is COc1ccc(-c2csc(NC(=O)c3ccc4[nH]c(C)c(C)c4c3)n2)cc1OC. The third-order valence-electron chi connectivity index (χ3n) is 4.97. The lowest BCUT2D eigenvalue weighted by Crippen LogP contribution is -2.11. The Morgan fingerprint density at radius 1 is 1.07 bits per heavy atom. The Bertz CT molecular complexity index is 1210. The number of thiazole rings is 1. The smallest absolute Gasteiger partial charge is 0.257 e. The summed E-state index contributed by atoms with van der Waals surface area (Å²) in [5.41, 5.74) is 5.54. The fourth-order valence-corrected chi connectivity index (χ4v) is 3.95. The van der Waals surface area contributed by atoms with Gasteiger partial charge in [0.1, 0.15) is 0 Å². The van der Waals surface area contributed by atoms with Crippen LogP contribution in [-0.2, 0) is 0 Å². The minimum atomic E-state index is -0.182. The maximum Gasteiger partial charge on any atom is 0.257 e. The average Bonchev–Trinajstić information content (AvgIpc) is 3.31. The van der Waals surface area contributed by atoms with E-state index in [0.29, 0.717) is 22.2 Å². The van der Waals surface area contributed by atoms with Gasteiger partial charge in [0.05, 0.1) is 19.9 Å². The molecule has 4 aromatic rings. The van der Waals surface area contributed by atoms with Crippen molar-refractivity contribution in [1.82, 2.24) is 9.97 Å². The molecule has 0 aliphatic rings. The van der Waals surface area contributed by atoms with Crippen LogP contribution in [0.3, 0.4) is 0 Å². The Balaban J connectivity index is 1.56. The molecule has 0 aliphatic heterocycles. The molecule has 1 amide bonds. The van der Waals surface area contributed by atoms with E-state index in [9.17, 15) is 4.79 Å². The molecule has 0 saturated carbocycles. The van der Waals surface area contributed by atoms with E-state index < -0.39 is 0 Å². The number of carbonyl (C=O) groups is 1. The molecule has 4 rings (SSSR count). The maximum absolute atomic E-state index is 12.7. The molecule has 2 N–H and O–H groups in total. The van der Waals surface area contributed by atoms with Crippen molar-refractivity contribution in [2.45, 2.75) is 13.8 Å². The van der Waals surface area contributed by atoms with Crippen LogP contribution in [0.1, 0.15) is 21.6 Å². The van der Waals surface area contributed by atoms with Gasteiger partial charge in [-0.15, -0.1) is 11.3 Å². The van der Waals surface area contributed by atoms with Gasteiger partial charge in [0.2, 0.25) is 0 Å². The summed E-state index contributed by atoms with van der Waals surface area (Å²) in [6, 6.07) is 11.3. The molecule has 2 heterocycles. The van der Waals surface area contributed by atoms with Crippen molar-refractivity contribution in [3.8, 4) is 22.8 Å². The van der Waals surface area contributed by atoms with Crippen molar-refractivity contribution in [1.29, 1.82) is 0 Å². The highest BCUT2D eigenvalue weighted by molar-refractivity contribution is 7.14. The number of H-pyrrole nitrogens is 1. The highest BCUT2D eigenvalue weighted by Crippen LogP contribution is 2.33. The number of methoxy groups -OCH3 is 2. The van der Waals surface area contributed by atoms with E-state index in [1.54, 1.807) is 14.2 Å². The molecular formula is C22H21N3O3S. The van der Waals surface area contributed by atoms with Gasteiger partial charge in [-0.3, -0.25) is 10.1 Å². The first kappa shape index (κ1) is 19.0. The van der Waals surface area contributed by atoms with Gasteiger partial charge < -0.3 is 14.5 Å². The number of hydrogen-bond acceptors (Lipinski definition) is 5. The molecule has 29 heavy (non-hydrogen) atoms. The molecule has 6 nitrogen and oxygen atoms in total. The predicted octanol–water partition coefficient (Wildman–Crippen LogP) is 5.18. The monoisotopic (exact) mass is 407 g/mol.